The van der Waals surface area contributed by atoms with Crippen LogP contribution in [0.4, 0.5) is 0 Å². The number of phenolic OH excluding ortho intramolecular Hbond substituents is 1. The first-order valence-electron chi connectivity index (χ1n) is 6.20. The van der Waals surface area contributed by atoms with Crippen LogP contribution in [0.3, 0.4) is 0 Å². The molecule has 1 aromatic heterocycles. The number of hydrogen-bond donors (Lipinski definition) is 2. The molecule has 0 aliphatic carbocycles. The number of aryl methyl sites for hydroxylation is 1. The summed E-state index contributed by atoms with van der Waals surface area (Å²) in [4.78, 5) is 13.9. The average Bonchev–Trinajstić information content (AvgIpc) is 2.79. The van der Waals surface area contributed by atoms with E-state index in [4.69, 9.17) is 0 Å². The van der Waals surface area contributed by atoms with Gasteiger partial charge in [-0.05, 0) is 50.1 Å². The SMILES string of the molecule is Cc1ccc(C(=O)N[C@@H](C)Cc2ccc(O)cc2)s1. The van der Waals surface area contributed by atoms with Crippen molar-refractivity contribution in [3.05, 3.63) is 51.7 Å². The highest BCUT2D eigenvalue weighted by molar-refractivity contribution is 7.13. The number of thiophene rings is 1. The van der Waals surface area contributed by atoms with Gasteiger partial charge in [-0.1, -0.05) is 12.1 Å². The van der Waals surface area contributed by atoms with Gasteiger partial charge in [0.1, 0.15) is 5.75 Å². The number of carbonyl (C=O) groups is 1. The molecule has 1 amide bonds. The molecule has 4 heteroatoms. The third-order valence-corrected chi connectivity index (χ3v) is 3.82. The number of rotatable bonds is 4. The third-order valence-electron chi connectivity index (χ3n) is 2.82. The summed E-state index contributed by atoms with van der Waals surface area (Å²) in [6.07, 6.45) is 0.746. The normalized spacial score (nSPS) is 12.1. The molecule has 0 saturated heterocycles. The Kier molecular flexibility index (Phi) is 4.22. The van der Waals surface area contributed by atoms with Crippen molar-refractivity contribution in [3.8, 4) is 5.75 Å². The molecule has 1 aromatic carbocycles. The highest BCUT2D eigenvalue weighted by atomic mass is 32.1. The minimum Gasteiger partial charge on any atom is -0.508 e. The topological polar surface area (TPSA) is 49.3 Å². The van der Waals surface area contributed by atoms with Crippen molar-refractivity contribution >= 4 is 17.2 Å². The van der Waals surface area contributed by atoms with Gasteiger partial charge in [0.2, 0.25) is 0 Å². The molecule has 0 aliphatic heterocycles. The van der Waals surface area contributed by atoms with Crippen LogP contribution in [0.5, 0.6) is 5.75 Å². The zero-order chi connectivity index (χ0) is 13.8. The van der Waals surface area contributed by atoms with Crippen LogP contribution in [-0.4, -0.2) is 17.1 Å². The standard InChI is InChI=1S/C15H17NO2S/c1-10(9-12-4-6-13(17)7-5-12)16-15(18)14-8-3-11(2)19-14/h3-8,10,17H,9H2,1-2H3,(H,16,18)/t10-/m0/s1. The van der Waals surface area contributed by atoms with Crippen molar-refractivity contribution in [1.29, 1.82) is 0 Å². The molecule has 2 aromatic rings. The number of nitrogens with one attached hydrogen (secondary N) is 1. The fourth-order valence-electron chi connectivity index (χ4n) is 1.89. The van der Waals surface area contributed by atoms with Gasteiger partial charge in [-0.3, -0.25) is 4.79 Å². The Morgan fingerprint density at radius 1 is 1.26 bits per heavy atom. The van der Waals surface area contributed by atoms with E-state index in [0.717, 1.165) is 21.7 Å². The van der Waals surface area contributed by atoms with Gasteiger partial charge < -0.3 is 10.4 Å². The van der Waals surface area contributed by atoms with Crippen LogP contribution in [0.15, 0.2) is 36.4 Å². The number of phenols is 1. The molecular formula is C15H17NO2S. The van der Waals surface area contributed by atoms with E-state index in [1.54, 1.807) is 12.1 Å². The zero-order valence-electron chi connectivity index (χ0n) is 11.0. The second-order valence-corrected chi connectivity index (χ2v) is 5.94. The molecule has 1 atom stereocenters. The predicted octanol–water partition coefficient (Wildman–Crippen LogP) is 3.12. The Hall–Kier alpha value is -1.81. The molecule has 2 N–H and O–H groups in total. The second-order valence-electron chi connectivity index (χ2n) is 4.66. The second kappa shape index (κ2) is 5.89. The Labute approximate surface area is 116 Å². The van der Waals surface area contributed by atoms with Gasteiger partial charge in [-0.2, -0.15) is 0 Å². The van der Waals surface area contributed by atoms with E-state index in [9.17, 15) is 9.90 Å². The van der Waals surface area contributed by atoms with Crippen LogP contribution in [0.2, 0.25) is 0 Å². The van der Waals surface area contributed by atoms with Gasteiger partial charge in [-0.25, -0.2) is 0 Å². The maximum atomic E-state index is 12.0. The summed E-state index contributed by atoms with van der Waals surface area (Å²) >= 11 is 1.50. The van der Waals surface area contributed by atoms with Crippen LogP contribution >= 0.6 is 11.3 Å². The first kappa shape index (κ1) is 13.6. The van der Waals surface area contributed by atoms with Gasteiger partial charge in [-0.15, -0.1) is 11.3 Å². The van der Waals surface area contributed by atoms with E-state index in [-0.39, 0.29) is 17.7 Å². The summed E-state index contributed by atoms with van der Waals surface area (Å²) in [5, 5.41) is 12.2. The van der Waals surface area contributed by atoms with Gasteiger partial charge in [0.15, 0.2) is 0 Å². The molecule has 100 valence electrons. The summed E-state index contributed by atoms with van der Waals surface area (Å²) in [5.74, 6) is 0.235. The lowest BCUT2D eigenvalue weighted by atomic mass is 10.1. The van der Waals surface area contributed by atoms with Crippen molar-refractivity contribution in [1.82, 2.24) is 5.32 Å². The zero-order valence-corrected chi connectivity index (χ0v) is 11.8. The number of amides is 1. The maximum absolute atomic E-state index is 12.0. The quantitative estimate of drug-likeness (QED) is 0.900. The summed E-state index contributed by atoms with van der Waals surface area (Å²) in [6, 6.07) is 10.9. The number of benzene rings is 1. The van der Waals surface area contributed by atoms with Crippen LogP contribution < -0.4 is 5.32 Å². The van der Waals surface area contributed by atoms with Crippen LogP contribution in [0.1, 0.15) is 27.0 Å². The predicted molar refractivity (Wildman–Crippen MR) is 77.8 cm³/mol. The molecule has 0 unspecified atom stereocenters. The smallest absolute Gasteiger partial charge is 0.261 e. The first-order valence-corrected chi connectivity index (χ1v) is 7.01. The van der Waals surface area contributed by atoms with Crippen LogP contribution in [0.25, 0.3) is 0 Å². The fraction of sp³-hybridized carbons (Fsp3) is 0.267. The molecule has 0 radical (unpaired) electrons. The lowest BCUT2D eigenvalue weighted by Gasteiger charge is -2.13. The lowest BCUT2D eigenvalue weighted by molar-refractivity contribution is 0.0944. The van der Waals surface area contributed by atoms with Gasteiger partial charge >= 0.3 is 0 Å². The highest BCUT2D eigenvalue weighted by Crippen LogP contribution is 2.15. The van der Waals surface area contributed by atoms with Crippen LogP contribution in [-0.2, 0) is 6.42 Å². The molecule has 1 heterocycles. The molecule has 0 saturated carbocycles. The number of carbonyl (C=O) groups excluding carboxylic acids is 1. The molecule has 0 spiro atoms. The van der Waals surface area contributed by atoms with Gasteiger partial charge in [0, 0.05) is 10.9 Å². The largest absolute Gasteiger partial charge is 0.508 e. The van der Waals surface area contributed by atoms with E-state index in [2.05, 4.69) is 5.32 Å². The maximum Gasteiger partial charge on any atom is 0.261 e. The molecule has 0 bridgehead atoms. The van der Waals surface area contributed by atoms with Crippen molar-refractivity contribution in [2.75, 3.05) is 0 Å². The van der Waals surface area contributed by atoms with E-state index in [1.165, 1.54) is 11.3 Å². The summed E-state index contributed by atoms with van der Waals surface area (Å²) in [7, 11) is 0. The molecular weight excluding hydrogens is 258 g/mol. The van der Waals surface area contributed by atoms with E-state index < -0.39 is 0 Å². The number of aromatic hydroxyl groups is 1. The van der Waals surface area contributed by atoms with Crippen molar-refractivity contribution in [2.45, 2.75) is 26.3 Å². The van der Waals surface area contributed by atoms with Gasteiger partial charge in [0.05, 0.1) is 4.88 Å². The lowest BCUT2D eigenvalue weighted by Crippen LogP contribution is -2.33. The Morgan fingerprint density at radius 3 is 2.53 bits per heavy atom. The minimum atomic E-state index is -0.0237. The third kappa shape index (κ3) is 3.83. The van der Waals surface area contributed by atoms with Crippen molar-refractivity contribution < 1.29 is 9.90 Å². The summed E-state index contributed by atoms with van der Waals surface area (Å²) < 4.78 is 0. The van der Waals surface area contributed by atoms with Crippen molar-refractivity contribution in [3.63, 3.8) is 0 Å². The van der Waals surface area contributed by atoms with Gasteiger partial charge in [0.25, 0.3) is 5.91 Å². The van der Waals surface area contributed by atoms with Crippen molar-refractivity contribution in [2.24, 2.45) is 0 Å². The molecule has 3 nitrogen and oxygen atoms in total. The first-order chi connectivity index (χ1) is 9.04. The van der Waals surface area contributed by atoms with E-state index in [1.807, 2.05) is 38.1 Å². The molecule has 19 heavy (non-hydrogen) atoms. The number of hydrogen-bond acceptors (Lipinski definition) is 3. The monoisotopic (exact) mass is 275 g/mol. The highest BCUT2D eigenvalue weighted by Gasteiger charge is 2.11. The molecule has 0 aliphatic rings. The molecule has 2 rings (SSSR count). The summed E-state index contributed by atoms with van der Waals surface area (Å²) in [5.41, 5.74) is 1.09. The minimum absolute atomic E-state index is 0.0237. The Balaban J connectivity index is 1.92. The molecule has 0 fully saturated rings. The van der Waals surface area contributed by atoms with E-state index >= 15 is 0 Å². The summed E-state index contributed by atoms with van der Waals surface area (Å²) in [6.45, 7) is 3.96. The average molecular weight is 275 g/mol. The Bertz CT molecular complexity index is 560. The fourth-order valence-corrected chi connectivity index (χ4v) is 2.66. The Morgan fingerprint density at radius 2 is 1.95 bits per heavy atom. The van der Waals surface area contributed by atoms with Crippen LogP contribution in [0, 0.1) is 6.92 Å². The van der Waals surface area contributed by atoms with E-state index in [0.29, 0.717) is 0 Å².